The van der Waals surface area contributed by atoms with E-state index in [2.05, 4.69) is 11.8 Å². The molecule has 0 bridgehead atoms. The zero-order valence-corrected chi connectivity index (χ0v) is 13.1. The maximum atomic E-state index is 12.2. The van der Waals surface area contributed by atoms with Crippen LogP contribution in [0, 0.1) is 0 Å². The predicted molar refractivity (Wildman–Crippen MR) is 82.0 cm³/mol. The summed E-state index contributed by atoms with van der Waals surface area (Å²) in [5, 5.41) is 0. The number of fused-ring (bicyclic) bond motifs is 1. The van der Waals surface area contributed by atoms with Crippen molar-refractivity contribution in [2.45, 2.75) is 83.3 Å². The number of nitrogens with zero attached hydrogens (tertiary/aromatic N) is 1. The molecule has 0 spiro atoms. The molecule has 116 valence electrons. The molecule has 0 aliphatic carbocycles. The third-order valence-electron chi connectivity index (χ3n) is 4.78. The lowest BCUT2D eigenvalue weighted by molar-refractivity contribution is -0.138. The molecule has 0 N–H and O–H groups in total. The summed E-state index contributed by atoms with van der Waals surface area (Å²) in [6, 6.07) is 0.595. The van der Waals surface area contributed by atoms with Crippen molar-refractivity contribution in [2.75, 3.05) is 19.7 Å². The van der Waals surface area contributed by atoms with Gasteiger partial charge in [0.25, 0.3) is 0 Å². The van der Waals surface area contributed by atoms with Gasteiger partial charge in [0, 0.05) is 19.0 Å². The summed E-state index contributed by atoms with van der Waals surface area (Å²) in [6.45, 7) is 5.02. The molecule has 0 aromatic rings. The van der Waals surface area contributed by atoms with E-state index < -0.39 is 0 Å². The van der Waals surface area contributed by atoms with Crippen LogP contribution < -0.4 is 0 Å². The third-order valence-corrected chi connectivity index (χ3v) is 4.78. The second-order valence-electron chi connectivity index (χ2n) is 6.45. The van der Waals surface area contributed by atoms with E-state index in [4.69, 9.17) is 4.74 Å². The number of carbonyl (C=O) groups excluding carboxylic acids is 1. The van der Waals surface area contributed by atoms with Gasteiger partial charge in [-0.1, -0.05) is 45.4 Å². The highest BCUT2D eigenvalue weighted by Gasteiger charge is 2.34. The van der Waals surface area contributed by atoms with Crippen molar-refractivity contribution in [3.05, 3.63) is 0 Å². The fourth-order valence-electron chi connectivity index (χ4n) is 3.43. The highest BCUT2D eigenvalue weighted by atomic mass is 16.5. The van der Waals surface area contributed by atoms with Crippen molar-refractivity contribution in [2.24, 2.45) is 0 Å². The first-order valence-corrected chi connectivity index (χ1v) is 8.69. The van der Waals surface area contributed by atoms with Gasteiger partial charge in [0.15, 0.2) is 5.78 Å². The molecule has 2 aliphatic rings. The molecule has 2 heterocycles. The molecule has 0 aromatic heterocycles. The number of hydrogen-bond donors (Lipinski definition) is 0. The Kier molecular flexibility index (Phi) is 7.01. The number of ketones is 1. The summed E-state index contributed by atoms with van der Waals surface area (Å²) in [7, 11) is 0. The van der Waals surface area contributed by atoms with Gasteiger partial charge < -0.3 is 4.74 Å². The minimum atomic E-state index is -0.135. The number of rotatable bonds is 9. The van der Waals surface area contributed by atoms with Crippen LogP contribution in [-0.2, 0) is 9.53 Å². The Morgan fingerprint density at radius 1 is 1.15 bits per heavy atom. The van der Waals surface area contributed by atoms with Gasteiger partial charge >= 0.3 is 0 Å². The Balaban J connectivity index is 1.53. The summed E-state index contributed by atoms with van der Waals surface area (Å²) < 4.78 is 5.77. The molecular weight excluding hydrogens is 250 g/mol. The monoisotopic (exact) mass is 281 g/mol. The summed E-state index contributed by atoms with van der Waals surface area (Å²) in [5.74, 6) is 0.337. The second-order valence-corrected chi connectivity index (χ2v) is 6.45. The fraction of sp³-hybridized carbons (Fsp3) is 0.941. The first kappa shape index (κ1) is 16.0. The van der Waals surface area contributed by atoms with Crippen LogP contribution in [-0.4, -0.2) is 42.5 Å². The van der Waals surface area contributed by atoms with Crippen LogP contribution in [0.1, 0.15) is 71.1 Å². The molecule has 2 atom stereocenters. The first-order chi connectivity index (χ1) is 9.81. The van der Waals surface area contributed by atoms with Gasteiger partial charge in [0.1, 0.15) is 6.10 Å². The molecule has 2 fully saturated rings. The fourth-order valence-corrected chi connectivity index (χ4v) is 3.43. The highest BCUT2D eigenvalue weighted by molar-refractivity contribution is 5.83. The number of unbranched alkanes of at least 4 members (excludes halogenated alkanes) is 6. The molecule has 2 unspecified atom stereocenters. The average Bonchev–Trinajstić information content (AvgIpc) is 2.93. The Hall–Kier alpha value is -0.410. The second kappa shape index (κ2) is 8.78. The van der Waals surface area contributed by atoms with E-state index in [9.17, 15) is 4.79 Å². The van der Waals surface area contributed by atoms with E-state index in [1.165, 1.54) is 51.4 Å². The first-order valence-electron chi connectivity index (χ1n) is 8.69. The van der Waals surface area contributed by atoms with E-state index in [0.717, 1.165) is 32.5 Å². The lowest BCUT2D eigenvalue weighted by atomic mass is 10.0. The normalized spacial score (nSPS) is 26.6. The van der Waals surface area contributed by atoms with Gasteiger partial charge in [0.2, 0.25) is 0 Å². The third kappa shape index (κ3) is 4.85. The average molecular weight is 281 g/mol. The Morgan fingerprint density at radius 2 is 1.90 bits per heavy atom. The van der Waals surface area contributed by atoms with E-state index in [1.807, 2.05) is 0 Å². The maximum Gasteiger partial charge on any atom is 0.162 e. The van der Waals surface area contributed by atoms with Crippen LogP contribution >= 0.6 is 0 Å². The molecule has 2 saturated heterocycles. The topological polar surface area (TPSA) is 29.5 Å². The molecule has 3 nitrogen and oxygen atoms in total. The van der Waals surface area contributed by atoms with Crippen molar-refractivity contribution < 1.29 is 9.53 Å². The highest BCUT2D eigenvalue weighted by Crippen LogP contribution is 2.23. The molecular formula is C17H31NO2. The number of ether oxygens (including phenoxy) is 1. The van der Waals surface area contributed by atoms with Gasteiger partial charge in [-0.05, 0) is 25.8 Å². The van der Waals surface area contributed by atoms with E-state index in [0.29, 0.717) is 11.8 Å². The van der Waals surface area contributed by atoms with Crippen molar-refractivity contribution >= 4 is 5.78 Å². The van der Waals surface area contributed by atoms with Gasteiger partial charge in [-0.25, -0.2) is 0 Å². The van der Waals surface area contributed by atoms with Crippen LogP contribution in [0.15, 0.2) is 0 Å². The smallest absolute Gasteiger partial charge is 0.162 e. The number of morpholine rings is 1. The minimum absolute atomic E-state index is 0.135. The predicted octanol–water partition coefficient (Wildman–Crippen LogP) is 3.56. The van der Waals surface area contributed by atoms with Crippen LogP contribution in [0.3, 0.4) is 0 Å². The summed E-state index contributed by atoms with van der Waals surface area (Å²) in [5.41, 5.74) is 0. The lowest BCUT2D eigenvalue weighted by Crippen LogP contribution is -2.49. The van der Waals surface area contributed by atoms with Crippen LogP contribution in [0.5, 0.6) is 0 Å². The Morgan fingerprint density at radius 3 is 2.70 bits per heavy atom. The van der Waals surface area contributed by atoms with E-state index in [-0.39, 0.29) is 6.10 Å². The van der Waals surface area contributed by atoms with E-state index >= 15 is 0 Å². The molecule has 3 heteroatoms. The van der Waals surface area contributed by atoms with Gasteiger partial charge in [-0.3, -0.25) is 9.69 Å². The zero-order valence-electron chi connectivity index (χ0n) is 13.1. The molecule has 20 heavy (non-hydrogen) atoms. The summed E-state index contributed by atoms with van der Waals surface area (Å²) >= 11 is 0. The molecule has 0 radical (unpaired) electrons. The van der Waals surface area contributed by atoms with Gasteiger partial charge in [-0.15, -0.1) is 0 Å². The quantitative estimate of drug-likeness (QED) is 0.605. The van der Waals surface area contributed by atoms with Crippen molar-refractivity contribution in [1.29, 1.82) is 0 Å². The molecule has 2 aliphatic heterocycles. The summed E-state index contributed by atoms with van der Waals surface area (Å²) in [4.78, 5) is 14.6. The molecule has 0 saturated carbocycles. The molecule has 2 rings (SSSR count). The Bertz CT molecular complexity index is 293. The van der Waals surface area contributed by atoms with Gasteiger partial charge in [0.05, 0.1) is 6.61 Å². The van der Waals surface area contributed by atoms with Gasteiger partial charge in [-0.2, -0.15) is 0 Å². The van der Waals surface area contributed by atoms with Crippen LogP contribution in [0.4, 0.5) is 0 Å². The largest absolute Gasteiger partial charge is 0.367 e. The molecule has 0 aromatic carbocycles. The Labute approximate surface area is 124 Å². The van der Waals surface area contributed by atoms with Crippen molar-refractivity contribution in [1.82, 2.24) is 4.90 Å². The zero-order chi connectivity index (χ0) is 14.2. The summed E-state index contributed by atoms with van der Waals surface area (Å²) in [6.07, 6.45) is 12.0. The van der Waals surface area contributed by atoms with Crippen LogP contribution in [0.25, 0.3) is 0 Å². The van der Waals surface area contributed by atoms with Crippen molar-refractivity contribution in [3.8, 4) is 0 Å². The number of Topliss-reactive ketones (excluding diaryl/α,β-unsaturated/α-hetero) is 1. The standard InChI is InChI=1S/C17H31NO2/c1-2-3-4-5-6-7-8-11-16(19)17-13-18-12-9-10-15(18)14-20-17/h15,17H,2-14H2,1H3. The minimum Gasteiger partial charge on any atom is -0.367 e. The van der Waals surface area contributed by atoms with Crippen molar-refractivity contribution in [3.63, 3.8) is 0 Å². The van der Waals surface area contributed by atoms with E-state index in [1.54, 1.807) is 0 Å². The SMILES string of the molecule is CCCCCCCCCC(=O)C1CN2CCCC2CO1. The molecule has 0 amide bonds. The number of carbonyl (C=O) groups is 1. The lowest BCUT2D eigenvalue weighted by Gasteiger charge is -2.34. The van der Waals surface area contributed by atoms with Crippen LogP contribution in [0.2, 0.25) is 0 Å². The maximum absolute atomic E-state index is 12.2. The number of hydrogen-bond acceptors (Lipinski definition) is 3.